The maximum absolute atomic E-state index is 10.5. The van der Waals surface area contributed by atoms with Crippen LogP contribution in [0, 0.1) is 17.3 Å². The van der Waals surface area contributed by atoms with Crippen LogP contribution in [0.2, 0.25) is 0 Å². The van der Waals surface area contributed by atoms with Crippen LogP contribution >= 0.6 is 12.6 Å². The summed E-state index contributed by atoms with van der Waals surface area (Å²) in [5, 5.41) is 20.4. The number of hydrogen-bond donors (Lipinski definition) is 3. The van der Waals surface area contributed by atoms with Crippen molar-refractivity contribution in [3.8, 4) is 0 Å². The Hall–Kier alpha value is 0.270. The van der Waals surface area contributed by atoms with Crippen LogP contribution in [0.3, 0.4) is 0 Å². The Bertz CT molecular complexity index is 241. The lowest BCUT2D eigenvalue weighted by Crippen LogP contribution is -2.67. The molecular formula is C11H20O2S. The Balaban J connectivity index is 2.22. The van der Waals surface area contributed by atoms with E-state index in [1.807, 2.05) is 0 Å². The van der Waals surface area contributed by atoms with E-state index in [0.717, 1.165) is 12.8 Å². The molecule has 0 amide bonds. The molecule has 2 N–H and O–H groups in total. The van der Waals surface area contributed by atoms with Gasteiger partial charge in [0.25, 0.3) is 0 Å². The number of fused-ring (bicyclic) bond motifs is 2. The second-order valence-electron chi connectivity index (χ2n) is 5.52. The van der Waals surface area contributed by atoms with E-state index in [2.05, 4.69) is 26.5 Å². The van der Waals surface area contributed by atoms with Crippen molar-refractivity contribution in [3.05, 3.63) is 0 Å². The Kier molecular flexibility index (Phi) is 2.41. The molecule has 0 unspecified atom stereocenters. The molecule has 3 rings (SSSR count). The minimum Gasteiger partial charge on any atom is -0.390 e. The highest BCUT2D eigenvalue weighted by Crippen LogP contribution is 2.63. The minimum absolute atomic E-state index is 0.205. The van der Waals surface area contributed by atoms with E-state index >= 15 is 0 Å². The van der Waals surface area contributed by atoms with Gasteiger partial charge in [-0.2, -0.15) is 12.6 Å². The SMILES string of the molecule is CC1(C)[C@@H]2C[C@H]1[C@](O)(CCS)[C@@H](O)C2. The molecule has 0 saturated heterocycles. The summed E-state index contributed by atoms with van der Waals surface area (Å²) in [4.78, 5) is 0. The molecule has 0 radical (unpaired) electrons. The fourth-order valence-electron chi connectivity index (χ4n) is 3.49. The summed E-state index contributed by atoms with van der Waals surface area (Å²) in [5.74, 6) is 1.50. The van der Waals surface area contributed by atoms with Crippen molar-refractivity contribution in [1.82, 2.24) is 0 Å². The molecule has 0 heterocycles. The highest BCUT2D eigenvalue weighted by molar-refractivity contribution is 7.80. The number of aliphatic hydroxyl groups is 2. The fraction of sp³-hybridized carbons (Fsp3) is 1.00. The predicted octanol–water partition coefficient (Wildman–Crippen LogP) is 1.46. The van der Waals surface area contributed by atoms with Crippen molar-refractivity contribution >= 4 is 12.6 Å². The second kappa shape index (κ2) is 3.13. The highest BCUT2D eigenvalue weighted by Gasteiger charge is 2.63. The van der Waals surface area contributed by atoms with E-state index < -0.39 is 11.7 Å². The molecule has 0 aromatic heterocycles. The third kappa shape index (κ3) is 1.18. The average molecular weight is 216 g/mol. The Morgan fingerprint density at radius 1 is 1.36 bits per heavy atom. The van der Waals surface area contributed by atoms with Crippen molar-refractivity contribution in [2.45, 2.75) is 44.8 Å². The first kappa shape index (κ1) is 10.8. The largest absolute Gasteiger partial charge is 0.390 e. The van der Waals surface area contributed by atoms with Gasteiger partial charge in [-0.25, -0.2) is 0 Å². The van der Waals surface area contributed by atoms with Crippen LogP contribution in [0.15, 0.2) is 0 Å². The molecule has 3 saturated carbocycles. The maximum atomic E-state index is 10.5. The summed E-state index contributed by atoms with van der Waals surface area (Å²) >= 11 is 4.17. The van der Waals surface area contributed by atoms with Gasteiger partial charge in [0.15, 0.2) is 0 Å². The lowest BCUT2D eigenvalue weighted by Gasteiger charge is -2.65. The van der Waals surface area contributed by atoms with Crippen molar-refractivity contribution in [3.63, 3.8) is 0 Å². The first-order chi connectivity index (χ1) is 6.43. The van der Waals surface area contributed by atoms with E-state index in [4.69, 9.17) is 0 Å². The Morgan fingerprint density at radius 2 is 2.00 bits per heavy atom. The molecule has 0 aromatic rings. The smallest absolute Gasteiger partial charge is 0.0946 e. The molecule has 14 heavy (non-hydrogen) atoms. The molecule has 2 nitrogen and oxygen atoms in total. The zero-order valence-electron chi connectivity index (χ0n) is 8.90. The zero-order chi connectivity index (χ0) is 10.6. The molecule has 0 aromatic carbocycles. The van der Waals surface area contributed by atoms with Gasteiger partial charge in [-0.3, -0.25) is 0 Å². The first-order valence-electron chi connectivity index (χ1n) is 5.44. The summed E-state index contributed by atoms with van der Waals surface area (Å²) in [7, 11) is 0. The van der Waals surface area contributed by atoms with Gasteiger partial charge in [-0.05, 0) is 42.3 Å². The molecule has 0 aliphatic heterocycles. The van der Waals surface area contributed by atoms with Gasteiger partial charge < -0.3 is 10.2 Å². The average Bonchev–Trinajstić information content (AvgIpc) is 2.09. The van der Waals surface area contributed by atoms with Crippen molar-refractivity contribution in [1.29, 1.82) is 0 Å². The molecule has 82 valence electrons. The van der Waals surface area contributed by atoms with Crippen LogP contribution in [0.25, 0.3) is 0 Å². The van der Waals surface area contributed by atoms with Gasteiger partial charge in [0, 0.05) is 0 Å². The van der Waals surface area contributed by atoms with Gasteiger partial charge in [0.2, 0.25) is 0 Å². The van der Waals surface area contributed by atoms with Crippen LogP contribution in [0.4, 0.5) is 0 Å². The van der Waals surface area contributed by atoms with E-state index in [-0.39, 0.29) is 11.3 Å². The summed E-state index contributed by atoms with van der Waals surface area (Å²) in [6.07, 6.45) is 1.91. The van der Waals surface area contributed by atoms with E-state index in [0.29, 0.717) is 18.1 Å². The third-order valence-electron chi connectivity index (χ3n) is 4.67. The summed E-state index contributed by atoms with van der Waals surface area (Å²) in [6.45, 7) is 4.42. The summed E-state index contributed by atoms with van der Waals surface area (Å²) in [5.41, 5.74) is -0.670. The number of hydrogen-bond acceptors (Lipinski definition) is 3. The second-order valence-corrected chi connectivity index (χ2v) is 5.97. The number of rotatable bonds is 2. The van der Waals surface area contributed by atoms with Gasteiger partial charge in [-0.15, -0.1) is 0 Å². The normalized spacial score (nSPS) is 49.9. The van der Waals surface area contributed by atoms with E-state index in [9.17, 15) is 10.2 Å². The zero-order valence-corrected chi connectivity index (χ0v) is 9.80. The van der Waals surface area contributed by atoms with Gasteiger partial charge in [0.1, 0.15) is 0 Å². The lowest BCUT2D eigenvalue weighted by atomic mass is 9.43. The van der Waals surface area contributed by atoms with Gasteiger partial charge in [0.05, 0.1) is 11.7 Å². The Morgan fingerprint density at radius 3 is 2.50 bits per heavy atom. The molecule has 3 aliphatic rings. The topological polar surface area (TPSA) is 40.5 Å². The van der Waals surface area contributed by atoms with Gasteiger partial charge >= 0.3 is 0 Å². The standard InChI is InChI=1S/C11H20O2S/c1-10(2)7-5-8(10)11(13,3-4-14)9(12)6-7/h7-9,12-14H,3-6H2,1-2H3/t7-,8-,9+,11-/m1/s1. The van der Waals surface area contributed by atoms with Crippen molar-refractivity contribution in [2.75, 3.05) is 5.75 Å². The van der Waals surface area contributed by atoms with Crippen molar-refractivity contribution < 1.29 is 10.2 Å². The molecule has 3 aliphatic carbocycles. The van der Waals surface area contributed by atoms with Crippen molar-refractivity contribution in [2.24, 2.45) is 17.3 Å². The molecule has 0 spiro atoms. The van der Waals surface area contributed by atoms with Crippen LogP contribution in [-0.2, 0) is 0 Å². The molecular weight excluding hydrogens is 196 g/mol. The molecule has 2 bridgehead atoms. The Labute approximate surface area is 91.1 Å². The maximum Gasteiger partial charge on any atom is 0.0946 e. The summed E-state index contributed by atoms with van der Waals surface area (Å²) < 4.78 is 0. The first-order valence-corrected chi connectivity index (χ1v) is 6.07. The van der Waals surface area contributed by atoms with Crippen LogP contribution in [0.5, 0.6) is 0 Å². The van der Waals surface area contributed by atoms with E-state index in [1.165, 1.54) is 0 Å². The minimum atomic E-state index is -0.875. The monoisotopic (exact) mass is 216 g/mol. The molecule has 3 fully saturated rings. The molecule has 4 atom stereocenters. The number of thiol groups is 1. The lowest BCUT2D eigenvalue weighted by molar-refractivity contribution is -0.253. The quantitative estimate of drug-likeness (QED) is 0.612. The third-order valence-corrected chi connectivity index (χ3v) is 4.89. The predicted molar refractivity (Wildman–Crippen MR) is 59.4 cm³/mol. The van der Waals surface area contributed by atoms with Gasteiger partial charge in [-0.1, -0.05) is 13.8 Å². The fourth-order valence-corrected chi connectivity index (χ4v) is 3.85. The number of aliphatic hydroxyl groups excluding tert-OH is 1. The van der Waals surface area contributed by atoms with Crippen LogP contribution in [0.1, 0.15) is 33.1 Å². The van der Waals surface area contributed by atoms with E-state index in [1.54, 1.807) is 0 Å². The van der Waals surface area contributed by atoms with Crippen LogP contribution < -0.4 is 0 Å². The highest BCUT2D eigenvalue weighted by atomic mass is 32.1. The van der Waals surface area contributed by atoms with Crippen LogP contribution in [-0.4, -0.2) is 27.7 Å². The summed E-state index contributed by atoms with van der Waals surface area (Å²) in [6, 6.07) is 0. The molecule has 3 heteroatoms.